The molecule has 0 bridgehead atoms. The van der Waals surface area contributed by atoms with E-state index in [0.717, 1.165) is 19.3 Å². The average Bonchev–Trinajstić information content (AvgIpc) is 2.66. The van der Waals surface area contributed by atoms with Gasteiger partial charge in [-0.3, -0.25) is 4.79 Å². The number of carboxylic acid groups (broad SMARTS) is 1. The highest BCUT2D eigenvalue weighted by Crippen LogP contribution is 2.26. The maximum absolute atomic E-state index is 12.5. The molecule has 0 radical (unpaired) electrons. The number of aromatic hydroxyl groups is 1. The third kappa shape index (κ3) is 2.76. The van der Waals surface area contributed by atoms with Crippen LogP contribution in [0.5, 0.6) is 5.75 Å². The number of para-hydroxylation sites is 1. The summed E-state index contributed by atoms with van der Waals surface area (Å²) >= 11 is 0. The monoisotopic (exact) mass is 277 g/mol. The van der Waals surface area contributed by atoms with Crippen molar-refractivity contribution in [3.8, 4) is 5.75 Å². The maximum Gasteiger partial charge on any atom is 0.326 e. The van der Waals surface area contributed by atoms with Crippen molar-refractivity contribution < 1.29 is 19.8 Å². The molecular weight excluding hydrogens is 258 g/mol. The van der Waals surface area contributed by atoms with Gasteiger partial charge in [-0.1, -0.05) is 25.0 Å². The summed E-state index contributed by atoms with van der Waals surface area (Å²) < 4.78 is 0. The van der Waals surface area contributed by atoms with Crippen LogP contribution in [0.1, 0.15) is 41.6 Å². The van der Waals surface area contributed by atoms with Gasteiger partial charge < -0.3 is 15.1 Å². The molecule has 1 amide bonds. The molecule has 2 N–H and O–H groups in total. The molecule has 20 heavy (non-hydrogen) atoms. The fourth-order valence-corrected chi connectivity index (χ4v) is 2.59. The number of phenols is 1. The van der Waals surface area contributed by atoms with Crippen LogP contribution in [-0.4, -0.2) is 39.6 Å². The highest BCUT2D eigenvalue weighted by molar-refractivity contribution is 5.99. The second-order valence-corrected chi connectivity index (χ2v) is 5.17. The SMILES string of the molecule is Cc1cccc(C(=O)N2CCCCCC2C(=O)O)c1O. The first-order chi connectivity index (χ1) is 9.52. The molecule has 1 saturated heterocycles. The Balaban J connectivity index is 2.33. The van der Waals surface area contributed by atoms with Crippen LogP contribution in [0, 0.1) is 6.92 Å². The Kier molecular flexibility index (Phi) is 4.27. The summed E-state index contributed by atoms with van der Waals surface area (Å²) in [6, 6.07) is 4.14. The van der Waals surface area contributed by atoms with Crippen molar-refractivity contribution in [2.24, 2.45) is 0 Å². The summed E-state index contributed by atoms with van der Waals surface area (Å²) in [5.74, 6) is -1.45. The molecule has 0 saturated carbocycles. The summed E-state index contributed by atoms with van der Waals surface area (Å²) in [5.41, 5.74) is 0.788. The van der Waals surface area contributed by atoms with Crippen LogP contribution in [0.15, 0.2) is 18.2 Å². The Morgan fingerprint density at radius 2 is 2.00 bits per heavy atom. The van der Waals surface area contributed by atoms with Gasteiger partial charge in [-0.2, -0.15) is 0 Å². The van der Waals surface area contributed by atoms with Crippen molar-refractivity contribution in [2.75, 3.05) is 6.54 Å². The van der Waals surface area contributed by atoms with Gasteiger partial charge in [0.25, 0.3) is 5.91 Å². The standard InChI is InChI=1S/C15H19NO4/c1-10-6-5-7-11(13(10)17)14(18)16-9-4-2-3-8-12(16)15(19)20/h5-7,12,17H,2-4,8-9H2,1H3,(H,19,20). The second-order valence-electron chi connectivity index (χ2n) is 5.17. The molecule has 0 spiro atoms. The number of amides is 1. The molecule has 1 aliphatic heterocycles. The van der Waals surface area contributed by atoms with E-state index in [1.165, 1.54) is 11.0 Å². The van der Waals surface area contributed by atoms with Gasteiger partial charge >= 0.3 is 5.97 Å². The van der Waals surface area contributed by atoms with E-state index in [9.17, 15) is 19.8 Å². The summed E-state index contributed by atoms with van der Waals surface area (Å²) in [6.45, 7) is 2.13. The number of aliphatic carboxylic acids is 1. The number of aryl methyl sites for hydroxylation is 1. The first-order valence-corrected chi connectivity index (χ1v) is 6.84. The fraction of sp³-hybridized carbons (Fsp3) is 0.467. The van der Waals surface area contributed by atoms with E-state index in [1.54, 1.807) is 19.1 Å². The van der Waals surface area contributed by atoms with Gasteiger partial charge in [0.1, 0.15) is 11.8 Å². The number of carbonyl (C=O) groups is 2. The number of likely N-dealkylation sites (tertiary alicyclic amines) is 1. The van der Waals surface area contributed by atoms with Crippen LogP contribution in [0.4, 0.5) is 0 Å². The van der Waals surface area contributed by atoms with E-state index < -0.39 is 17.9 Å². The van der Waals surface area contributed by atoms with Crippen LogP contribution in [-0.2, 0) is 4.79 Å². The van der Waals surface area contributed by atoms with Crippen molar-refractivity contribution in [1.82, 2.24) is 4.90 Å². The molecule has 5 heteroatoms. The molecule has 0 aromatic heterocycles. The number of hydrogen-bond donors (Lipinski definition) is 2. The molecule has 1 unspecified atom stereocenters. The average molecular weight is 277 g/mol. The molecule has 2 rings (SSSR count). The molecule has 1 atom stereocenters. The first kappa shape index (κ1) is 14.4. The van der Waals surface area contributed by atoms with E-state index in [1.807, 2.05) is 0 Å². The number of nitrogens with zero attached hydrogens (tertiary/aromatic N) is 1. The van der Waals surface area contributed by atoms with Crippen molar-refractivity contribution in [3.05, 3.63) is 29.3 Å². The Hall–Kier alpha value is -2.04. The smallest absolute Gasteiger partial charge is 0.326 e. The van der Waals surface area contributed by atoms with E-state index >= 15 is 0 Å². The first-order valence-electron chi connectivity index (χ1n) is 6.84. The Labute approximate surface area is 117 Å². The molecule has 5 nitrogen and oxygen atoms in total. The molecule has 1 aromatic carbocycles. The number of carbonyl (C=O) groups excluding carboxylic acids is 1. The number of hydrogen-bond acceptors (Lipinski definition) is 3. The number of benzene rings is 1. The van der Waals surface area contributed by atoms with E-state index in [-0.39, 0.29) is 11.3 Å². The van der Waals surface area contributed by atoms with Gasteiger partial charge in [0.05, 0.1) is 5.56 Å². The van der Waals surface area contributed by atoms with Gasteiger partial charge in [-0.15, -0.1) is 0 Å². The third-order valence-corrected chi connectivity index (χ3v) is 3.77. The van der Waals surface area contributed by atoms with Gasteiger partial charge in [-0.25, -0.2) is 4.79 Å². The minimum atomic E-state index is -0.979. The van der Waals surface area contributed by atoms with Gasteiger partial charge in [-0.05, 0) is 31.4 Å². The second kappa shape index (κ2) is 5.94. The third-order valence-electron chi connectivity index (χ3n) is 3.77. The van der Waals surface area contributed by atoms with Crippen LogP contribution < -0.4 is 0 Å². The zero-order valence-electron chi connectivity index (χ0n) is 11.5. The van der Waals surface area contributed by atoms with E-state index in [0.29, 0.717) is 18.5 Å². The molecule has 1 fully saturated rings. The highest BCUT2D eigenvalue weighted by Gasteiger charge is 2.32. The van der Waals surface area contributed by atoms with Gasteiger partial charge in [0, 0.05) is 6.54 Å². The lowest BCUT2D eigenvalue weighted by molar-refractivity contribution is -0.142. The summed E-state index contributed by atoms with van der Waals surface area (Å²) in [6.07, 6.45) is 2.99. The van der Waals surface area contributed by atoms with E-state index in [4.69, 9.17) is 0 Å². The molecular formula is C15H19NO4. The number of rotatable bonds is 2. The Morgan fingerprint density at radius 3 is 2.70 bits per heavy atom. The number of phenolic OH excluding ortho intramolecular Hbond substituents is 1. The molecule has 1 aromatic rings. The summed E-state index contributed by atoms with van der Waals surface area (Å²) in [5, 5.41) is 19.3. The summed E-state index contributed by atoms with van der Waals surface area (Å²) in [4.78, 5) is 25.3. The predicted molar refractivity (Wildman–Crippen MR) is 73.8 cm³/mol. The largest absolute Gasteiger partial charge is 0.507 e. The minimum absolute atomic E-state index is 0.0640. The topological polar surface area (TPSA) is 77.8 Å². The van der Waals surface area contributed by atoms with Crippen molar-refractivity contribution in [1.29, 1.82) is 0 Å². The van der Waals surface area contributed by atoms with Crippen molar-refractivity contribution >= 4 is 11.9 Å². The van der Waals surface area contributed by atoms with Crippen molar-refractivity contribution in [2.45, 2.75) is 38.6 Å². The quantitative estimate of drug-likeness (QED) is 0.868. The van der Waals surface area contributed by atoms with Crippen LogP contribution >= 0.6 is 0 Å². The predicted octanol–water partition coefficient (Wildman–Crippen LogP) is 2.17. The fourth-order valence-electron chi connectivity index (χ4n) is 2.59. The molecule has 0 aliphatic carbocycles. The molecule has 1 aliphatic rings. The van der Waals surface area contributed by atoms with Crippen LogP contribution in [0.25, 0.3) is 0 Å². The normalized spacial score (nSPS) is 19.4. The zero-order valence-corrected chi connectivity index (χ0v) is 11.5. The lowest BCUT2D eigenvalue weighted by Gasteiger charge is -2.27. The zero-order chi connectivity index (χ0) is 14.7. The Bertz CT molecular complexity index is 527. The lowest BCUT2D eigenvalue weighted by Crippen LogP contribution is -2.44. The van der Waals surface area contributed by atoms with Crippen molar-refractivity contribution in [3.63, 3.8) is 0 Å². The van der Waals surface area contributed by atoms with Gasteiger partial charge in [0.15, 0.2) is 0 Å². The molecule has 1 heterocycles. The maximum atomic E-state index is 12.5. The number of carboxylic acids is 1. The lowest BCUT2D eigenvalue weighted by atomic mass is 10.1. The van der Waals surface area contributed by atoms with Crippen LogP contribution in [0.3, 0.4) is 0 Å². The Morgan fingerprint density at radius 1 is 1.25 bits per heavy atom. The van der Waals surface area contributed by atoms with Gasteiger partial charge in [0.2, 0.25) is 0 Å². The summed E-state index contributed by atoms with van der Waals surface area (Å²) in [7, 11) is 0. The highest BCUT2D eigenvalue weighted by atomic mass is 16.4. The van der Waals surface area contributed by atoms with Crippen LogP contribution in [0.2, 0.25) is 0 Å². The minimum Gasteiger partial charge on any atom is -0.507 e. The van der Waals surface area contributed by atoms with E-state index in [2.05, 4.69) is 0 Å². The molecule has 108 valence electrons.